The molecule has 1 saturated carbocycles. The van der Waals surface area contributed by atoms with Crippen molar-refractivity contribution in [2.75, 3.05) is 5.32 Å². The summed E-state index contributed by atoms with van der Waals surface area (Å²) < 4.78 is 0. The molecule has 0 spiro atoms. The summed E-state index contributed by atoms with van der Waals surface area (Å²) in [6.45, 7) is 2.00. The highest BCUT2D eigenvalue weighted by Crippen LogP contribution is 2.41. The van der Waals surface area contributed by atoms with E-state index >= 15 is 0 Å². The summed E-state index contributed by atoms with van der Waals surface area (Å²) in [7, 11) is 0. The molecule has 122 valence electrons. The second-order valence-corrected chi connectivity index (χ2v) is 6.68. The Hall–Kier alpha value is -2.66. The van der Waals surface area contributed by atoms with Crippen LogP contribution in [0.2, 0.25) is 0 Å². The summed E-state index contributed by atoms with van der Waals surface area (Å²) >= 11 is 0. The number of rotatable bonds is 4. The van der Waals surface area contributed by atoms with Gasteiger partial charge in [-0.15, -0.1) is 0 Å². The molecule has 1 fully saturated rings. The van der Waals surface area contributed by atoms with Gasteiger partial charge in [0, 0.05) is 12.1 Å². The Morgan fingerprint density at radius 3 is 2.88 bits per heavy atom. The van der Waals surface area contributed by atoms with Gasteiger partial charge in [-0.2, -0.15) is 0 Å². The fourth-order valence-electron chi connectivity index (χ4n) is 3.05. The molecule has 1 aliphatic carbocycles. The lowest BCUT2D eigenvalue weighted by Gasteiger charge is -2.12. The van der Waals surface area contributed by atoms with E-state index in [9.17, 15) is 4.79 Å². The highest BCUT2D eigenvalue weighted by atomic mass is 16.2. The highest BCUT2D eigenvalue weighted by Gasteiger charge is 2.54. The smallest absolute Gasteiger partial charge is 0.244 e. The van der Waals surface area contributed by atoms with Gasteiger partial charge in [-0.25, -0.2) is 4.98 Å². The zero-order chi connectivity index (χ0) is 16.7. The Kier molecular flexibility index (Phi) is 3.39. The largest absolute Gasteiger partial charge is 0.342 e. The van der Waals surface area contributed by atoms with Crippen molar-refractivity contribution in [3.05, 3.63) is 59.9 Å². The molecule has 5 heteroatoms. The Morgan fingerprint density at radius 2 is 2.12 bits per heavy atom. The molecule has 1 heterocycles. The van der Waals surface area contributed by atoms with Gasteiger partial charge in [-0.3, -0.25) is 4.79 Å². The molecule has 4 N–H and O–H groups in total. The van der Waals surface area contributed by atoms with E-state index in [0.717, 1.165) is 34.5 Å². The number of nitrogens with zero attached hydrogens (tertiary/aromatic N) is 1. The molecule has 1 aliphatic rings. The lowest BCUT2D eigenvalue weighted by Crippen LogP contribution is -2.39. The van der Waals surface area contributed by atoms with Crippen LogP contribution in [0.5, 0.6) is 0 Å². The van der Waals surface area contributed by atoms with Crippen molar-refractivity contribution < 1.29 is 4.79 Å². The lowest BCUT2D eigenvalue weighted by atomic mass is 10.1. The average Bonchev–Trinajstić information content (AvgIpc) is 3.01. The third-order valence-corrected chi connectivity index (χ3v) is 4.78. The van der Waals surface area contributed by atoms with Crippen molar-refractivity contribution in [1.29, 1.82) is 0 Å². The number of amides is 1. The second kappa shape index (κ2) is 5.46. The molecule has 0 bridgehead atoms. The van der Waals surface area contributed by atoms with Gasteiger partial charge in [0.25, 0.3) is 0 Å². The van der Waals surface area contributed by atoms with Crippen molar-refractivity contribution in [1.82, 2.24) is 9.97 Å². The van der Waals surface area contributed by atoms with Crippen molar-refractivity contribution >= 4 is 22.6 Å². The Bertz CT molecular complexity index is 883. The fraction of sp³-hybridized carbons (Fsp3) is 0.263. The van der Waals surface area contributed by atoms with Crippen molar-refractivity contribution in [3.8, 4) is 0 Å². The van der Waals surface area contributed by atoms with E-state index in [1.165, 1.54) is 0 Å². The van der Waals surface area contributed by atoms with Crippen LogP contribution in [0.15, 0.2) is 48.5 Å². The molecular formula is C19H20N4O. The number of benzene rings is 2. The van der Waals surface area contributed by atoms with Crippen LogP contribution in [-0.4, -0.2) is 21.4 Å². The summed E-state index contributed by atoms with van der Waals surface area (Å²) in [5.41, 5.74) is 9.21. The van der Waals surface area contributed by atoms with E-state index in [1.54, 1.807) is 0 Å². The molecule has 0 radical (unpaired) electrons. The Balaban J connectivity index is 1.51. The molecule has 0 aliphatic heterocycles. The number of aromatic nitrogens is 2. The first kappa shape index (κ1) is 14.9. The van der Waals surface area contributed by atoms with Crippen molar-refractivity contribution in [3.63, 3.8) is 0 Å². The molecule has 0 unspecified atom stereocenters. The Labute approximate surface area is 140 Å². The highest BCUT2D eigenvalue weighted by molar-refractivity contribution is 6.00. The summed E-state index contributed by atoms with van der Waals surface area (Å²) in [5.74, 6) is 1.05. The molecule has 2 atom stereocenters. The maximum Gasteiger partial charge on any atom is 0.244 e. The number of para-hydroxylation sites is 2. The number of anilines is 1. The minimum Gasteiger partial charge on any atom is -0.342 e. The zero-order valence-corrected chi connectivity index (χ0v) is 13.5. The van der Waals surface area contributed by atoms with E-state index in [2.05, 4.69) is 15.3 Å². The van der Waals surface area contributed by atoms with E-state index in [1.807, 2.05) is 55.5 Å². The minimum absolute atomic E-state index is 0.101. The van der Waals surface area contributed by atoms with Gasteiger partial charge >= 0.3 is 0 Å². The Morgan fingerprint density at radius 1 is 1.33 bits per heavy atom. The summed E-state index contributed by atoms with van der Waals surface area (Å²) in [4.78, 5) is 20.2. The van der Waals surface area contributed by atoms with Gasteiger partial charge in [0.2, 0.25) is 5.91 Å². The van der Waals surface area contributed by atoms with Crippen LogP contribution in [-0.2, 0) is 11.2 Å². The van der Waals surface area contributed by atoms with Gasteiger partial charge in [0.1, 0.15) is 5.82 Å². The third kappa shape index (κ3) is 2.67. The number of hydrogen-bond donors (Lipinski definition) is 3. The van der Waals surface area contributed by atoms with Gasteiger partial charge < -0.3 is 16.0 Å². The molecule has 3 aromatic rings. The second-order valence-electron chi connectivity index (χ2n) is 6.68. The molecule has 1 aromatic heterocycles. The van der Waals surface area contributed by atoms with Crippen LogP contribution in [0.3, 0.4) is 0 Å². The molecule has 0 saturated heterocycles. The quantitative estimate of drug-likeness (QED) is 0.691. The van der Waals surface area contributed by atoms with Gasteiger partial charge in [-0.05, 0) is 42.2 Å². The minimum atomic E-state index is -0.700. The van der Waals surface area contributed by atoms with Crippen LogP contribution in [0, 0.1) is 5.92 Å². The maximum atomic E-state index is 12.2. The monoisotopic (exact) mass is 320 g/mol. The number of fused-ring (bicyclic) bond motifs is 1. The zero-order valence-electron chi connectivity index (χ0n) is 13.5. The van der Waals surface area contributed by atoms with Crippen LogP contribution in [0.25, 0.3) is 11.0 Å². The maximum absolute atomic E-state index is 12.2. The standard InChI is InChI=1S/C19H20N4O/c1-12-11-19(12,20)18(24)21-14-6-4-5-13(9-14)10-17-22-15-7-2-3-8-16(15)23-17/h2-9,12H,10-11,20H2,1H3,(H,21,24)(H,22,23)/t12-,19-/m1/s1. The number of imidazole rings is 1. The number of carbonyl (C=O) groups excluding carboxylic acids is 1. The third-order valence-electron chi connectivity index (χ3n) is 4.78. The molecular weight excluding hydrogens is 300 g/mol. The predicted octanol–water partition coefficient (Wildman–Crippen LogP) is 2.83. The van der Waals surface area contributed by atoms with Gasteiger partial charge in [0.05, 0.1) is 16.6 Å². The number of hydrogen-bond acceptors (Lipinski definition) is 3. The normalized spacial score (nSPS) is 22.5. The fourth-order valence-corrected chi connectivity index (χ4v) is 3.05. The molecule has 4 rings (SSSR count). The number of nitrogens with two attached hydrogens (primary N) is 1. The molecule has 1 amide bonds. The topological polar surface area (TPSA) is 83.8 Å². The van der Waals surface area contributed by atoms with Gasteiger partial charge in [-0.1, -0.05) is 31.2 Å². The summed E-state index contributed by atoms with van der Waals surface area (Å²) in [6.07, 6.45) is 1.43. The van der Waals surface area contributed by atoms with Crippen molar-refractivity contribution in [2.45, 2.75) is 25.3 Å². The first-order valence-electron chi connectivity index (χ1n) is 8.17. The summed E-state index contributed by atoms with van der Waals surface area (Å²) in [6, 6.07) is 15.8. The first-order chi connectivity index (χ1) is 11.5. The van der Waals surface area contributed by atoms with E-state index in [-0.39, 0.29) is 11.8 Å². The van der Waals surface area contributed by atoms with Crippen LogP contribution < -0.4 is 11.1 Å². The van der Waals surface area contributed by atoms with Crippen LogP contribution in [0.4, 0.5) is 5.69 Å². The number of nitrogens with one attached hydrogen (secondary N) is 2. The van der Waals surface area contributed by atoms with E-state index < -0.39 is 5.54 Å². The lowest BCUT2D eigenvalue weighted by molar-refractivity contribution is -0.118. The van der Waals surface area contributed by atoms with E-state index in [0.29, 0.717) is 6.42 Å². The molecule has 5 nitrogen and oxygen atoms in total. The van der Waals surface area contributed by atoms with Crippen LogP contribution in [0.1, 0.15) is 24.7 Å². The average molecular weight is 320 g/mol. The number of carbonyl (C=O) groups is 1. The first-order valence-corrected chi connectivity index (χ1v) is 8.17. The summed E-state index contributed by atoms with van der Waals surface area (Å²) in [5, 5.41) is 2.93. The van der Waals surface area contributed by atoms with Crippen molar-refractivity contribution in [2.24, 2.45) is 11.7 Å². The van der Waals surface area contributed by atoms with Crippen LogP contribution >= 0.6 is 0 Å². The van der Waals surface area contributed by atoms with Gasteiger partial charge in [0.15, 0.2) is 0 Å². The number of aromatic amines is 1. The SMILES string of the molecule is C[C@@H]1C[C@]1(N)C(=O)Nc1cccc(Cc2nc3ccccc3[nH]2)c1. The molecule has 24 heavy (non-hydrogen) atoms. The molecule has 2 aromatic carbocycles. The van der Waals surface area contributed by atoms with E-state index in [4.69, 9.17) is 5.73 Å². The number of H-pyrrole nitrogens is 1. The predicted molar refractivity (Wildman–Crippen MR) is 94.7 cm³/mol.